The van der Waals surface area contributed by atoms with Crippen molar-refractivity contribution >= 4 is 40.3 Å². The summed E-state index contributed by atoms with van der Waals surface area (Å²) in [6.07, 6.45) is 3.57. The Bertz CT molecular complexity index is 1300. The lowest BCUT2D eigenvalue weighted by Gasteiger charge is -2.20. The molecule has 0 radical (unpaired) electrons. The summed E-state index contributed by atoms with van der Waals surface area (Å²) in [5, 5.41) is 6.22. The topological polar surface area (TPSA) is 76.0 Å². The molecule has 1 heterocycles. The van der Waals surface area contributed by atoms with Gasteiger partial charge in [-0.25, -0.2) is 4.98 Å². The molecule has 1 atom stereocenters. The fourth-order valence-corrected chi connectivity index (χ4v) is 4.61. The highest BCUT2D eigenvalue weighted by atomic mass is 32.2. The van der Waals surface area contributed by atoms with Gasteiger partial charge >= 0.3 is 0 Å². The van der Waals surface area contributed by atoms with E-state index in [0.717, 1.165) is 34.5 Å². The lowest BCUT2D eigenvalue weighted by Crippen LogP contribution is -2.32. The van der Waals surface area contributed by atoms with E-state index in [0.29, 0.717) is 17.8 Å². The fourth-order valence-electron chi connectivity index (χ4n) is 4.14. The van der Waals surface area contributed by atoms with Crippen LogP contribution in [-0.2, 0) is 17.8 Å². The highest BCUT2D eigenvalue weighted by Gasteiger charge is 2.24. The van der Waals surface area contributed by atoms with Crippen LogP contribution in [0.25, 0.3) is 11.0 Å². The average Bonchev–Trinajstić information content (AvgIpc) is 3.25. The molecule has 6 nitrogen and oxygen atoms in total. The normalized spacial score (nSPS) is 11.8. The molecule has 0 aliphatic rings. The molecule has 0 fully saturated rings. The zero-order chi connectivity index (χ0) is 24.6. The molecule has 4 rings (SSSR count). The Balaban J connectivity index is 1.66. The van der Waals surface area contributed by atoms with Crippen molar-refractivity contribution in [3.05, 3.63) is 95.8 Å². The lowest BCUT2D eigenvalue weighted by atomic mass is 10.1. The summed E-state index contributed by atoms with van der Waals surface area (Å²) in [7, 11) is 0. The molecule has 180 valence electrons. The predicted molar refractivity (Wildman–Crippen MR) is 144 cm³/mol. The number of hydrogen-bond donors (Lipinski definition) is 2. The maximum atomic E-state index is 13.2. The minimum atomic E-state index is -0.335. The first kappa shape index (κ1) is 24.5. The van der Waals surface area contributed by atoms with E-state index in [1.165, 1.54) is 0 Å². The SMILES string of the molecule is CCc1ccccc1NC(=O)Cn1c(C(CCSC)NC(=O)c2ccccc2)nc2ccccc21. The highest BCUT2D eigenvalue weighted by Crippen LogP contribution is 2.25. The van der Waals surface area contributed by atoms with Crippen LogP contribution in [0, 0.1) is 0 Å². The van der Waals surface area contributed by atoms with E-state index in [2.05, 4.69) is 17.6 Å². The largest absolute Gasteiger partial charge is 0.342 e. The lowest BCUT2D eigenvalue weighted by molar-refractivity contribution is -0.116. The van der Waals surface area contributed by atoms with Gasteiger partial charge in [-0.3, -0.25) is 9.59 Å². The minimum Gasteiger partial charge on any atom is -0.342 e. The molecule has 1 aromatic heterocycles. The Morgan fingerprint density at radius 2 is 1.69 bits per heavy atom. The maximum Gasteiger partial charge on any atom is 0.251 e. The van der Waals surface area contributed by atoms with E-state index in [4.69, 9.17) is 4.98 Å². The van der Waals surface area contributed by atoms with Crippen LogP contribution in [0.1, 0.15) is 41.1 Å². The van der Waals surface area contributed by atoms with Gasteiger partial charge < -0.3 is 15.2 Å². The van der Waals surface area contributed by atoms with Gasteiger partial charge in [0.1, 0.15) is 12.4 Å². The number of fused-ring (bicyclic) bond motifs is 1. The number of hydrogen-bond acceptors (Lipinski definition) is 4. The van der Waals surface area contributed by atoms with Crippen LogP contribution in [0.15, 0.2) is 78.9 Å². The van der Waals surface area contributed by atoms with Gasteiger partial charge in [-0.05, 0) is 60.7 Å². The Labute approximate surface area is 210 Å². The predicted octanol–water partition coefficient (Wildman–Crippen LogP) is 5.46. The van der Waals surface area contributed by atoms with Crippen molar-refractivity contribution in [1.82, 2.24) is 14.9 Å². The summed E-state index contributed by atoms with van der Waals surface area (Å²) in [5.41, 5.74) is 4.17. The summed E-state index contributed by atoms with van der Waals surface area (Å²) in [6.45, 7) is 2.17. The van der Waals surface area contributed by atoms with Gasteiger partial charge in [-0.1, -0.05) is 55.5 Å². The van der Waals surface area contributed by atoms with Crippen molar-refractivity contribution in [3.63, 3.8) is 0 Å². The van der Waals surface area contributed by atoms with Gasteiger partial charge in [0, 0.05) is 11.3 Å². The van der Waals surface area contributed by atoms with Gasteiger partial charge in [0.15, 0.2) is 0 Å². The first-order valence-corrected chi connectivity index (χ1v) is 13.2. The van der Waals surface area contributed by atoms with Crippen LogP contribution in [0.4, 0.5) is 5.69 Å². The molecular formula is C28H30N4O2S. The Kier molecular flexibility index (Phi) is 8.21. The van der Waals surface area contributed by atoms with Gasteiger partial charge in [-0.15, -0.1) is 0 Å². The van der Waals surface area contributed by atoms with Crippen molar-refractivity contribution in [1.29, 1.82) is 0 Å². The number of rotatable bonds is 10. The molecule has 1 unspecified atom stereocenters. The van der Waals surface area contributed by atoms with Gasteiger partial charge in [0.2, 0.25) is 5.91 Å². The minimum absolute atomic E-state index is 0.102. The number of amides is 2. The Hall–Kier alpha value is -3.58. The molecule has 0 aliphatic carbocycles. The average molecular weight is 487 g/mol. The zero-order valence-electron chi connectivity index (χ0n) is 20.0. The number of carbonyl (C=O) groups excluding carboxylic acids is 2. The highest BCUT2D eigenvalue weighted by molar-refractivity contribution is 7.98. The van der Waals surface area contributed by atoms with E-state index >= 15 is 0 Å². The molecule has 35 heavy (non-hydrogen) atoms. The molecule has 4 aromatic rings. The molecule has 0 saturated heterocycles. The third kappa shape index (κ3) is 5.92. The van der Waals surface area contributed by atoms with Crippen LogP contribution in [0.3, 0.4) is 0 Å². The number of thioether (sulfide) groups is 1. The third-order valence-corrected chi connectivity index (χ3v) is 6.57. The summed E-state index contributed by atoms with van der Waals surface area (Å²) in [4.78, 5) is 31.1. The number of imidazole rings is 1. The fraction of sp³-hybridized carbons (Fsp3) is 0.250. The van der Waals surface area contributed by atoms with Crippen LogP contribution in [0.5, 0.6) is 0 Å². The van der Waals surface area contributed by atoms with Crippen molar-refractivity contribution in [2.75, 3.05) is 17.3 Å². The van der Waals surface area contributed by atoms with Crippen molar-refractivity contribution in [3.8, 4) is 0 Å². The van der Waals surface area contributed by atoms with Crippen molar-refractivity contribution in [2.24, 2.45) is 0 Å². The Morgan fingerprint density at radius 1 is 0.971 bits per heavy atom. The second-order valence-corrected chi connectivity index (χ2v) is 9.26. The molecule has 2 amide bonds. The second kappa shape index (κ2) is 11.7. The van der Waals surface area contributed by atoms with E-state index in [1.807, 2.05) is 77.6 Å². The van der Waals surface area contributed by atoms with Gasteiger partial charge in [0.05, 0.1) is 17.1 Å². The molecule has 0 bridgehead atoms. The van der Waals surface area contributed by atoms with Gasteiger partial charge in [-0.2, -0.15) is 11.8 Å². The second-order valence-electron chi connectivity index (χ2n) is 8.28. The molecule has 0 saturated carbocycles. The number of para-hydroxylation sites is 3. The smallest absolute Gasteiger partial charge is 0.251 e. The van der Waals surface area contributed by atoms with E-state index in [9.17, 15) is 9.59 Å². The number of aryl methyl sites for hydroxylation is 1. The van der Waals surface area contributed by atoms with Crippen molar-refractivity contribution in [2.45, 2.75) is 32.4 Å². The standard InChI is InChI=1S/C28H30N4O2S/c1-3-20-11-7-8-14-22(20)29-26(33)19-32-25-16-10-9-15-23(25)30-27(32)24(17-18-35-2)31-28(34)21-12-5-4-6-13-21/h4-16,24H,3,17-19H2,1-2H3,(H,29,33)(H,31,34). The van der Waals surface area contributed by atoms with Crippen LogP contribution < -0.4 is 10.6 Å². The van der Waals surface area contributed by atoms with E-state index in [-0.39, 0.29) is 24.4 Å². The van der Waals surface area contributed by atoms with E-state index < -0.39 is 0 Å². The first-order chi connectivity index (χ1) is 17.1. The zero-order valence-corrected chi connectivity index (χ0v) is 20.8. The number of aromatic nitrogens is 2. The van der Waals surface area contributed by atoms with Crippen molar-refractivity contribution < 1.29 is 9.59 Å². The third-order valence-electron chi connectivity index (χ3n) is 5.92. The molecule has 7 heteroatoms. The quantitative estimate of drug-likeness (QED) is 0.312. The summed E-state index contributed by atoms with van der Waals surface area (Å²) in [6, 6.07) is 24.4. The van der Waals surface area contributed by atoms with Gasteiger partial charge in [0.25, 0.3) is 5.91 Å². The number of benzene rings is 3. The first-order valence-electron chi connectivity index (χ1n) is 11.8. The summed E-state index contributed by atoms with van der Waals surface area (Å²) < 4.78 is 1.93. The molecule has 0 spiro atoms. The van der Waals surface area contributed by atoms with Crippen LogP contribution in [-0.4, -0.2) is 33.4 Å². The van der Waals surface area contributed by atoms with Crippen LogP contribution in [0.2, 0.25) is 0 Å². The molecular weight excluding hydrogens is 456 g/mol. The molecule has 2 N–H and O–H groups in total. The van der Waals surface area contributed by atoms with Crippen LogP contribution >= 0.6 is 11.8 Å². The monoisotopic (exact) mass is 486 g/mol. The number of nitrogens with one attached hydrogen (secondary N) is 2. The maximum absolute atomic E-state index is 13.2. The molecule has 0 aliphatic heterocycles. The van der Waals surface area contributed by atoms with E-state index in [1.54, 1.807) is 23.9 Å². The Morgan fingerprint density at radius 3 is 2.46 bits per heavy atom. The summed E-state index contributed by atoms with van der Waals surface area (Å²) >= 11 is 1.71. The number of anilines is 1. The number of carbonyl (C=O) groups is 2. The summed E-state index contributed by atoms with van der Waals surface area (Å²) in [5.74, 6) is 1.24. The number of nitrogens with zero attached hydrogens (tertiary/aromatic N) is 2. The molecule has 3 aromatic carbocycles.